The molecule has 2 heterocycles. The molecule has 8 nitrogen and oxygen atoms in total. The summed E-state index contributed by atoms with van der Waals surface area (Å²) in [7, 11) is -3.90. The standard InChI is InChI=1S/C26H25N3O5S2/c27-14-12-19-6-8-20(9-7-19)22-10-11-23(35-22)26(18-24(30)28-32)13-15-29(16-17-36(26,33)34)25(31)21-4-2-1-3-5-21/h1-11,32H,12-13,15-18H2,(H,28,30). The van der Waals surface area contributed by atoms with Crippen LogP contribution in [-0.2, 0) is 25.8 Å². The molecule has 2 aromatic carbocycles. The number of carbonyl (C=O) groups is 2. The number of rotatable bonds is 6. The molecular weight excluding hydrogens is 498 g/mol. The summed E-state index contributed by atoms with van der Waals surface area (Å²) < 4.78 is 25.9. The van der Waals surface area contributed by atoms with Gasteiger partial charge in [-0.15, -0.1) is 11.3 Å². The van der Waals surface area contributed by atoms with Gasteiger partial charge in [-0.25, -0.2) is 13.9 Å². The molecule has 4 rings (SSSR count). The zero-order chi connectivity index (χ0) is 25.8. The van der Waals surface area contributed by atoms with Crippen molar-refractivity contribution in [2.75, 3.05) is 18.8 Å². The average molecular weight is 524 g/mol. The molecule has 186 valence electrons. The van der Waals surface area contributed by atoms with Crippen LogP contribution in [0.4, 0.5) is 0 Å². The largest absolute Gasteiger partial charge is 0.338 e. The molecule has 10 heteroatoms. The van der Waals surface area contributed by atoms with Gasteiger partial charge in [0.1, 0.15) is 4.75 Å². The molecule has 2 amide bonds. The lowest BCUT2D eigenvalue weighted by molar-refractivity contribution is -0.129. The van der Waals surface area contributed by atoms with Crippen molar-refractivity contribution >= 4 is 33.0 Å². The lowest BCUT2D eigenvalue weighted by Gasteiger charge is -2.30. The molecule has 0 bridgehead atoms. The van der Waals surface area contributed by atoms with E-state index in [-0.39, 0.29) is 31.2 Å². The van der Waals surface area contributed by atoms with Crippen molar-refractivity contribution in [1.82, 2.24) is 10.4 Å². The second kappa shape index (κ2) is 10.6. The number of amides is 2. The summed E-state index contributed by atoms with van der Waals surface area (Å²) in [5.74, 6) is -1.38. The number of hydrogen-bond acceptors (Lipinski definition) is 7. The number of sulfone groups is 1. The van der Waals surface area contributed by atoms with Crippen molar-refractivity contribution < 1.29 is 23.2 Å². The van der Waals surface area contributed by atoms with Crippen molar-refractivity contribution in [1.29, 1.82) is 5.26 Å². The third-order valence-corrected chi connectivity index (χ3v) is 10.4. The molecule has 2 N–H and O–H groups in total. The minimum Gasteiger partial charge on any atom is -0.338 e. The highest BCUT2D eigenvalue weighted by Gasteiger charge is 2.49. The van der Waals surface area contributed by atoms with Gasteiger partial charge in [-0.3, -0.25) is 14.8 Å². The number of benzene rings is 2. The van der Waals surface area contributed by atoms with E-state index in [0.29, 0.717) is 16.9 Å². The molecule has 0 aliphatic carbocycles. The van der Waals surface area contributed by atoms with Crippen LogP contribution in [0.25, 0.3) is 10.4 Å². The first kappa shape index (κ1) is 25.6. The van der Waals surface area contributed by atoms with Crippen LogP contribution in [0.2, 0.25) is 0 Å². The van der Waals surface area contributed by atoms with Gasteiger partial charge in [0, 0.05) is 28.4 Å². The quantitative estimate of drug-likeness (QED) is 0.376. The Morgan fingerprint density at radius 2 is 1.78 bits per heavy atom. The number of carbonyl (C=O) groups excluding carboxylic acids is 2. The topological polar surface area (TPSA) is 128 Å². The number of thiophene rings is 1. The minimum atomic E-state index is -3.90. The van der Waals surface area contributed by atoms with Crippen LogP contribution in [0.15, 0.2) is 66.7 Å². The van der Waals surface area contributed by atoms with Gasteiger partial charge in [-0.05, 0) is 41.8 Å². The Hall–Kier alpha value is -3.52. The van der Waals surface area contributed by atoms with Crippen molar-refractivity contribution in [3.05, 3.63) is 82.7 Å². The minimum absolute atomic E-state index is 0.0111. The number of nitriles is 1. The highest BCUT2D eigenvalue weighted by atomic mass is 32.2. The first-order valence-electron chi connectivity index (χ1n) is 11.4. The van der Waals surface area contributed by atoms with Crippen molar-refractivity contribution in [3.8, 4) is 16.5 Å². The Labute approximate surface area is 213 Å². The lowest BCUT2D eigenvalue weighted by Crippen LogP contribution is -2.41. The highest BCUT2D eigenvalue weighted by Crippen LogP contribution is 2.45. The second-order valence-electron chi connectivity index (χ2n) is 8.63. The number of nitrogens with zero attached hydrogens (tertiary/aromatic N) is 2. The summed E-state index contributed by atoms with van der Waals surface area (Å²) in [6, 6.07) is 21.7. The van der Waals surface area contributed by atoms with Gasteiger partial charge >= 0.3 is 0 Å². The van der Waals surface area contributed by atoms with E-state index in [4.69, 9.17) is 5.26 Å². The van der Waals surface area contributed by atoms with Crippen molar-refractivity contribution in [3.63, 3.8) is 0 Å². The number of hydroxylamine groups is 1. The predicted octanol–water partition coefficient (Wildman–Crippen LogP) is 3.53. The van der Waals surface area contributed by atoms with Gasteiger partial charge in [0.25, 0.3) is 5.91 Å². The van der Waals surface area contributed by atoms with E-state index in [0.717, 1.165) is 16.0 Å². The van der Waals surface area contributed by atoms with Crippen molar-refractivity contribution in [2.45, 2.75) is 24.0 Å². The maximum Gasteiger partial charge on any atom is 0.253 e. The molecule has 1 aliphatic heterocycles. The summed E-state index contributed by atoms with van der Waals surface area (Å²) in [5.41, 5.74) is 3.78. The predicted molar refractivity (Wildman–Crippen MR) is 136 cm³/mol. The summed E-state index contributed by atoms with van der Waals surface area (Å²) in [5, 5.41) is 18.1. The second-order valence-corrected chi connectivity index (χ2v) is 12.1. The van der Waals surface area contributed by atoms with Crippen LogP contribution in [0.1, 0.15) is 33.6 Å². The van der Waals surface area contributed by atoms with Crippen LogP contribution in [0, 0.1) is 11.3 Å². The molecule has 0 spiro atoms. The van der Waals surface area contributed by atoms with Gasteiger partial charge in [-0.1, -0.05) is 42.5 Å². The van der Waals surface area contributed by atoms with E-state index in [1.54, 1.807) is 41.9 Å². The third-order valence-electron chi connectivity index (χ3n) is 6.47. The van der Waals surface area contributed by atoms with Gasteiger partial charge in [0.2, 0.25) is 5.91 Å². The maximum absolute atomic E-state index is 13.7. The molecule has 1 saturated heterocycles. The molecule has 1 atom stereocenters. The first-order valence-corrected chi connectivity index (χ1v) is 13.8. The summed E-state index contributed by atoms with van der Waals surface area (Å²) in [4.78, 5) is 28.2. The average Bonchev–Trinajstić information content (AvgIpc) is 3.34. The smallest absolute Gasteiger partial charge is 0.253 e. The van der Waals surface area contributed by atoms with Gasteiger partial charge in [0.15, 0.2) is 9.84 Å². The van der Waals surface area contributed by atoms with Crippen LogP contribution >= 0.6 is 11.3 Å². The molecule has 3 aromatic rings. The number of nitrogens with one attached hydrogen (secondary N) is 1. The lowest BCUT2D eigenvalue weighted by atomic mass is 9.97. The van der Waals surface area contributed by atoms with Gasteiger partial charge < -0.3 is 4.90 Å². The van der Waals surface area contributed by atoms with Crippen LogP contribution in [-0.4, -0.2) is 49.2 Å². The van der Waals surface area contributed by atoms with E-state index in [2.05, 4.69) is 6.07 Å². The molecule has 1 aromatic heterocycles. The Bertz CT molecular complexity index is 1400. The molecule has 36 heavy (non-hydrogen) atoms. The fourth-order valence-electron chi connectivity index (χ4n) is 4.45. The molecule has 1 fully saturated rings. The van der Waals surface area contributed by atoms with Crippen molar-refractivity contribution in [2.24, 2.45) is 0 Å². The van der Waals surface area contributed by atoms with Gasteiger partial charge in [0.05, 0.1) is 24.7 Å². The Morgan fingerprint density at radius 3 is 2.44 bits per heavy atom. The van der Waals surface area contributed by atoms with E-state index in [1.807, 2.05) is 30.3 Å². The van der Waals surface area contributed by atoms with Gasteiger partial charge in [-0.2, -0.15) is 5.26 Å². The van der Waals surface area contributed by atoms with Crippen LogP contribution < -0.4 is 5.48 Å². The monoisotopic (exact) mass is 523 g/mol. The Balaban J connectivity index is 1.70. The summed E-state index contributed by atoms with van der Waals surface area (Å²) >= 11 is 1.27. The van der Waals surface area contributed by atoms with Crippen LogP contribution in [0.5, 0.6) is 0 Å². The molecular formula is C26H25N3O5S2. The molecule has 1 unspecified atom stereocenters. The summed E-state index contributed by atoms with van der Waals surface area (Å²) in [6.45, 7) is 0.152. The Morgan fingerprint density at radius 1 is 1.06 bits per heavy atom. The fourth-order valence-corrected chi connectivity index (χ4v) is 8.06. The molecule has 0 radical (unpaired) electrons. The maximum atomic E-state index is 13.7. The number of hydrogen-bond donors (Lipinski definition) is 2. The first-order chi connectivity index (χ1) is 17.3. The van der Waals surface area contributed by atoms with Crippen LogP contribution in [0.3, 0.4) is 0 Å². The van der Waals surface area contributed by atoms with E-state index in [9.17, 15) is 23.2 Å². The normalized spacial score (nSPS) is 19.2. The van der Waals surface area contributed by atoms with E-state index >= 15 is 0 Å². The van der Waals surface area contributed by atoms with E-state index < -0.39 is 26.9 Å². The highest BCUT2D eigenvalue weighted by molar-refractivity contribution is 7.92. The zero-order valence-corrected chi connectivity index (χ0v) is 21.0. The third kappa shape index (κ3) is 5.04. The molecule has 0 saturated carbocycles. The van der Waals surface area contributed by atoms with E-state index in [1.165, 1.54) is 16.2 Å². The fraction of sp³-hybridized carbons (Fsp3) is 0.269. The SMILES string of the molecule is N#CCc1ccc(-c2ccc(C3(CC(=O)NO)CCN(C(=O)c4ccccc4)CCS3(=O)=O)s2)cc1. The summed E-state index contributed by atoms with van der Waals surface area (Å²) in [6.07, 6.45) is -0.144. The molecule has 1 aliphatic rings. The zero-order valence-electron chi connectivity index (χ0n) is 19.4. The Kier molecular flexibility index (Phi) is 7.54.